The number of nitrogens with two attached hydrogens (primary N) is 1. The second-order valence-electron chi connectivity index (χ2n) is 16.3. The van der Waals surface area contributed by atoms with Gasteiger partial charge in [-0.15, -0.1) is 0 Å². The van der Waals surface area contributed by atoms with Crippen LogP contribution in [0.3, 0.4) is 0 Å². The molecule has 5 N–H and O–H groups in total. The molecule has 0 saturated carbocycles. The van der Waals surface area contributed by atoms with Crippen molar-refractivity contribution in [3.05, 3.63) is 48.6 Å². The molecule has 0 aromatic heterocycles. The van der Waals surface area contributed by atoms with Crippen LogP contribution in [-0.4, -0.2) is 47.8 Å². The third-order valence-electron chi connectivity index (χ3n) is 10.6. The molecule has 0 aliphatic carbocycles. The van der Waals surface area contributed by atoms with Crippen LogP contribution in [0.4, 0.5) is 0 Å². The number of hydrogen-bond donors (Lipinski definition) is 4. The fourth-order valence-corrected chi connectivity index (χ4v) is 7.70. The van der Waals surface area contributed by atoms with E-state index in [0.717, 1.165) is 44.9 Å². The Kier molecular flexibility index (Phi) is 43.8. The number of allylic oxidation sites excluding steroid dienone is 7. The van der Waals surface area contributed by atoms with Gasteiger partial charge in [0.1, 0.15) is 0 Å². The van der Waals surface area contributed by atoms with Gasteiger partial charge in [-0.1, -0.05) is 204 Å². The number of aliphatic hydroxyl groups excluding tert-OH is 1. The van der Waals surface area contributed by atoms with E-state index < -0.39 is 20.0 Å². The minimum absolute atomic E-state index is 0.0729. The topological polar surface area (TPSA) is 131 Å². The molecule has 0 saturated heterocycles. The van der Waals surface area contributed by atoms with Crippen molar-refractivity contribution in [1.29, 1.82) is 0 Å². The highest BCUT2D eigenvalue weighted by molar-refractivity contribution is 7.47. The predicted octanol–water partition coefficient (Wildman–Crippen LogP) is 14.1. The molecule has 0 radical (unpaired) electrons. The van der Waals surface area contributed by atoms with Crippen molar-refractivity contribution in [2.45, 2.75) is 238 Å². The van der Waals surface area contributed by atoms with Crippen LogP contribution < -0.4 is 11.1 Å². The Morgan fingerprint density at radius 2 is 0.966 bits per heavy atom. The maximum absolute atomic E-state index is 12.8. The zero-order valence-corrected chi connectivity index (χ0v) is 38.7. The van der Waals surface area contributed by atoms with E-state index in [9.17, 15) is 19.4 Å². The normalized spacial score (nSPS) is 14.4. The van der Waals surface area contributed by atoms with E-state index in [2.05, 4.69) is 55.6 Å². The number of hydrogen-bond acceptors (Lipinski definition) is 6. The standard InChI is InChI=1S/C49H93N2O6P/c1-3-5-7-9-11-13-15-17-19-21-22-23-24-25-26-27-29-31-33-35-37-39-41-43-49(53)51-47(46-57-58(54,55)56-45-44-50)48(52)42-40-38-36-34-32-30-28-20-18-16-14-12-10-8-6-4-2/h15,17,21-22,32,34,40,42,47-48,52H,3-14,16,18-20,23-31,33,35-39,41,43-46,50H2,1-2H3,(H,51,53)(H,54,55)/b17-15-,22-21-,34-32+,42-40+. The summed E-state index contributed by atoms with van der Waals surface area (Å²) in [6.45, 7) is 4.11. The number of phosphoric acid groups is 1. The molecule has 9 heteroatoms. The summed E-state index contributed by atoms with van der Waals surface area (Å²) in [4.78, 5) is 22.8. The smallest absolute Gasteiger partial charge is 0.387 e. The van der Waals surface area contributed by atoms with Crippen LogP contribution in [-0.2, 0) is 18.4 Å². The summed E-state index contributed by atoms with van der Waals surface area (Å²) in [6, 6.07) is -0.879. The molecule has 0 rings (SSSR count). The Morgan fingerprint density at radius 1 is 0.569 bits per heavy atom. The Bertz CT molecular complexity index is 1050. The van der Waals surface area contributed by atoms with E-state index >= 15 is 0 Å². The first-order valence-corrected chi connectivity index (χ1v) is 25.8. The van der Waals surface area contributed by atoms with Gasteiger partial charge in [0.25, 0.3) is 0 Å². The van der Waals surface area contributed by atoms with Crippen molar-refractivity contribution < 1.29 is 28.4 Å². The molecular formula is C49H93N2O6P. The minimum atomic E-state index is -4.35. The monoisotopic (exact) mass is 837 g/mol. The van der Waals surface area contributed by atoms with Crippen LogP contribution in [0.1, 0.15) is 226 Å². The molecule has 0 bridgehead atoms. The van der Waals surface area contributed by atoms with Crippen molar-refractivity contribution in [2.24, 2.45) is 5.73 Å². The second kappa shape index (κ2) is 45.0. The Balaban J connectivity index is 4.15. The van der Waals surface area contributed by atoms with Gasteiger partial charge in [0, 0.05) is 13.0 Å². The van der Waals surface area contributed by atoms with Crippen LogP contribution in [0.5, 0.6) is 0 Å². The number of amides is 1. The van der Waals surface area contributed by atoms with Gasteiger partial charge in [-0.3, -0.25) is 13.8 Å². The van der Waals surface area contributed by atoms with Gasteiger partial charge >= 0.3 is 7.82 Å². The molecule has 340 valence electrons. The number of carbonyl (C=O) groups excluding carboxylic acids is 1. The van der Waals surface area contributed by atoms with Crippen molar-refractivity contribution in [2.75, 3.05) is 19.8 Å². The third-order valence-corrected chi connectivity index (χ3v) is 11.6. The maximum atomic E-state index is 12.8. The van der Waals surface area contributed by atoms with E-state index in [0.29, 0.717) is 6.42 Å². The fourth-order valence-electron chi connectivity index (χ4n) is 6.94. The predicted molar refractivity (Wildman–Crippen MR) is 249 cm³/mol. The number of unbranched alkanes of at least 4 members (excludes halogenated alkanes) is 27. The average Bonchev–Trinajstić information content (AvgIpc) is 3.21. The summed E-state index contributed by atoms with van der Waals surface area (Å²) in [5, 5.41) is 13.7. The molecule has 1 amide bonds. The second-order valence-corrected chi connectivity index (χ2v) is 17.8. The summed E-state index contributed by atoms with van der Waals surface area (Å²) in [5.74, 6) is -0.206. The highest BCUT2D eigenvalue weighted by Crippen LogP contribution is 2.43. The van der Waals surface area contributed by atoms with Crippen molar-refractivity contribution in [3.63, 3.8) is 0 Å². The van der Waals surface area contributed by atoms with E-state index in [1.54, 1.807) is 6.08 Å². The lowest BCUT2D eigenvalue weighted by molar-refractivity contribution is -0.123. The quantitative estimate of drug-likeness (QED) is 0.0273. The van der Waals surface area contributed by atoms with Gasteiger partial charge < -0.3 is 21.1 Å². The summed E-state index contributed by atoms with van der Waals surface area (Å²) >= 11 is 0. The molecule has 0 aromatic carbocycles. The van der Waals surface area contributed by atoms with Gasteiger partial charge in [0.2, 0.25) is 5.91 Å². The van der Waals surface area contributed by atoms with E-state index in [-0.39, 0.29) is 25.7 Å². The first-order valence-electron chi connectivity index (χ1n) is 24.3. The van der Waals surface area contributed by atoms with Crippen LogP contribution >= 0.6 is 7.82 Å². The van der Waals surface area contributed by atoms with Crippen LogP contribution in [0.25, 0.3) is 0 Å². The zero-order chi connectivity index (χ0) is 42.5. The molecule has 0 heterocycles. The molecule has 0 aliphatic rings. The first kappa shape index (κ1) is 56.5. The van der Waals surface area contributed by atoms with E-state index in [1.165, 1.54) is 161 Å². The van der Waals surface area contributed by atoms with Crippen molar-refractivity contribution >= 4 is 13.7 Å². The van der Waals surface area contributed by atoms with Gasteiger partial charge in [-0.2, -0.15) is 0 Å². The maximum Gasteiger partial charge on any atom is 0.472 e. The number of phosphoric ester groups is 1. The molecule has 0 fully saturated rings. The number of rotatable bonds is 45. The van der Waals surface area contributed by atoms with Crippen LogP contribution in [0, 0.1) is 0 Å². The van der Waals surface area contributed by atoms with Crippen LogP contribution in [0.2, 0.25) is 0 Å². The Labute approximate surface area is 358 Å². The molecule has 58 heavy (non-hydrogen) atoms. The molecule has 0 aromatic rings. The molecule has 0 spiro atoms. The lowest BCUT2D eigenvalue weighted by Gasteiger charge is -2.23. The van der Waals surface area contributed by atoms with Crippen molar-refractivity contribution in [1.82, 2.24) is 5.32 Å². The first-order chi connectivity index (χ1) is 28.4. The molecule has 8 nitrogen and oxygen atoms in total. The Morgan fingerprint density at radius 3 is 1.43 bits per heavy atom. The number of aliphatic hydroxyl groups is 1. The highest BCUT2D eigenvalue weighted by Gasteiger charge is 2.26. The summed E-state index contributed by atoms with van der Waals surface area (Å²) in [7, 11) is -4.35. The number of nitrogens with one attached hydrogen (secondary N) is 1. The van der Waals surface area contributed by atoms with Gasteiger partial charge in [0.05, 0.1) is 25.4 Å². The minimum Gasteiger partial charge on any atom is -0.387 e. The lowest BCUT2D eigenvalue weighted by atomic mass is 10.0. The molecular weight excluding hydrogens is 744 g/mol. The molecule has 0 aliphatic heterocycles. The zero-order valence-electron chi connectivity index (χ0n) is 37.8. The van der Waals surface area contributed by atoms with Gasteiger partial charge in [0.15, 0.2) is 0 Å². The summed E-state index contributed by atoms with van der Waals surface area (Å²) in [5.41, 5.74) is 5.38. The van der Waals surface area contributed by atoms with Crippen molar-refractivity contribution in [3.8, 4) is 0 Å². The van der Waals surface area contributed by atoms with E-state index in [4.69, 9.17) is 14.8 Å². The number of carbonyl (C=O) groups is 1. The summed E-state index contributed by atoms with van der Waals surface area (Å²) < 4.78 is 22.2. The average molecular weight is 837 g/mol. The molecule has 3 atom stereocenters. The lowest BCUT2D eigenvalue weighted by Crippen LogP contribution is -2.45. The van der Waals surface area contributed by atoms with Gasteiger partial charge in [-0.25, -0.2) is 4.57 Å². The largest absolute Gasteiger partial charge is 0.472 e. The third kappa shape index (κ3) is 42.6. The Hall–Kier alpha value is -1.54. The van der Waals surface area contributed by atoms with E-state index in [1.807, 2.05) is 6.08 Å². The summed E-state index contributed by atoms with van der Waals surface area (Å²) in [6.07, 6.45) is 56.0. The molecule has 3 unspecified atom stereocenters. The highest BCUT2D eigenvalue weighted by atomic mass is 31.2. The van der Waals surface area contributed by atoms with Gasteiger partial charge in [-0.05, 0) is 64.2 Å². The SMILES string of the molecule is CCCCCCC/C=C\C/C=C\CCCCCCCCCCCCCC(=O)NC(COP(=O)(O)OCCN)C(O)/C=C/CC/C=C/CCCCCCCCCCCC. The van der Waals surface area contributed by atoms with Crippen LogP contribution in [0.15, 0.2) is 48.6 Å². The fraction of sp³-hybridized carbons (Fsp3) is 0.816.